The molecule has 6 nitrogen and oxygen atoms in total. The maximum absolute atomic E-state index is 13.2. The van der Waals surface area contributed by atoms with Crippen molar-refractivity contribution in [1.29, 1.82) is 0 Å². The summed E-state index contributed by atoms with van der Waals surface area (Å²) in [5, 5.41) is 11.8. The molecule has 0 spiro atoms. The van der Waals surface area contributed by atoms with E-state index in [2.05, 4.69) is 5.32 Å². The summed E-state index contributed by atoms with van der Waals surface area (Å²) in [5.41, 5.74) is -1.06. The van der Waals surface area contributed by atoms with E-state index in [1.54, 1.807) is 6.92 Å². The molecule has 1 saturated heterocycles. The minimum absolute atomic E-state index is 0.0261. The van der Waals surface area contributed by atoms with Crippen LogP contribution in [0.15, 0.2) is 18.2 Å². The Morgan fingerprint density at radius 1 is 1.38 bits per heavy atom. The van der Waals surface area contributed by atoms with Crippen molar-refractivity contribution in [3.8, 4) is 0 Å². The zero-order valence-electron chi connectivity index (χ0n) is 14.3. The molecule has 2 N–H and O–H groups in total. The molecular weight excluding hydrogens is 353 g/mol. The summed E-state index contributed by atoms with van der Waals surface area (Å²) in [4.78, 5) is 24.1. The van der Waals surface area contributed by atoms with E-state index < -0.39 is 23.8 Å². The number of benzene rings is 1. The molecule has 1 fully saturated rings. The van der Waals surface area contributed by atoms with Gasteiger partial charge in [0, 0.05) is 25.3 Å². The first kappa shape index (κ1) is 19.9. The van der Waals surface area contributed by atoms with Crippen molar-refractivity contribution in [3.63, 3.8) is 0 Å². The minimum Gasteiger partial charge on any atom is -0.465 e. The number of carbonyl (C=O) groups excluding carboxylic acids is 1. The Morgan fingerprint density at radius 3 is 2.73 bits per heavy atom. The van der Waals surface area contributed by atoms with Crippen LogP contribution in [0.4, 0.5) is 23.7 Å². The fraction of sp³-hybridized carbons (Fsp3) is 0.529. The highest BCUT2D eigenvalue weighted by Gasteiger charge is 2.34. The van der Waals surface area contributed by atoms with E-state index in [1.165, 1.54) is 4.90 Å². The first-order valence-electron chi connectivity index (χ1n) is 8.32. The van der Waals surface area contributed by atoms with Gasteiger partial charge in [-0.1, -0.05) is 0 Å². The van der Waals surface area contributed by atoms with E-state index in [0.29, 0.717) is 13.0 Å². The number of ether oxygens (including phenoxy) is 1. The fourth-order valence-corrected chi connectivity index (χ4v) is 2.94. The number of carbonyl (C=O) groups is 2. The standard InChI is InChI=1S/C17H21F3N2O4/c1-2-26-15(23)12-5-6-13(17(18,19)20)14(8-12)21-9-11-4-3-7-22(10-11)16(24)25/h5-6,8,11,21H,2-4,7,9-10H2,1H3,(H,24,25)/t11-/m0/s1. The van der Waals surface area contributed by atoms with Crippen LogP contribution in [0, 0.1) is 5.92 Å². The predicted octanol–water partition coefficient (Wildman–Crippen LogP) is 3.68. The predicted molar refractivity (Wildman–Crippen MR) is 88.2 cm³/mol. The van der Waals surface area contributed by atoms with Crippen LogP contribution in [0.3, 0.4) is 0 Å². The van der Waals surface area contributed by atoms with E-state index in [9.17, 15) is 22.8 Å². The molecule has 0 aliphatic carbocycles. The molecule has 1 atom stereocenters. The zero-order valence-corrected chi connectivity index (χ0v) is 14.3. The lowest BCUT2D eigenvalue weighted by molar-refractivity contribution is -0.137. The number of anilines is 1. The zero-order chi connectivity index (χ0) is 19.3. The lowest BCUT2D eigenvalue weighted by Gasteiger charge is -2.31. The van der Waals surface area contributed by atoms with Crippen LogP contribution >= 0.6 is 0 Å². The average molecular weight is 374 g/mol. The normalized spacial score (nSPS) is 17.7. The summed E-state index contributed by atoms with van der Waals surface area (Å²) in [5.74, 6) is -0.800. The summed E-state index contributed by atoms with van der Waals surface area (Å²) in [6.45, 7) is 2.60. The molecule has 0 unspecified atom stereocenters. The molecule has 144 valence electrons. The third-order valence-corrected chi connectivity index (χ3v) is 4.21. The van der Waals surface area contributed by atoms with Gasteiger partial charge in [0.25, 0.3) is 0 Å². The van der Waals surface area contributed by atoms with Crippen LogP contribution in [0.25, 0.3) is 0 Å². The minimum atomic E-state index is -4.57. The Labute approximate surface area is 148 Å². The monoisotopic (exact) mass is 374 g/mol. The van der Waals surface area contributed by atoms with E-state index in [4.69, 9.17) is 9.84 Å². The van der Waals surface area contributed by atoms with Gasteiger partial charge in [-0.2, -0.15) is 13.2 Å². The molecule has 1 aliphatic rings. The van der Waals surface area contributed by atoms with Gasteiger partial charge in [0.05, 0.1) is 17.7 Å². The molecule has 0 aromatic heterocycles. The van der Waals surface area contributed by atoms with Gasteiger partial charge in [0.1, 0.15) is 0 Å². The highest BCUT2D eigenvalue weighted by atomic mass is 19.4. The van der Waals surface area contributed by atoms with Crippen LogP contribution in [-0.2, 0) is 10.9 Å². The van der Waals surface area contributed by atoms with Crippen molar-refractivity contribution >= 4 is 17.7 Å². The Bertz CT molecular complexity index is 664. The summed E-state index contributed by atoms with van der Waals surface area (Å²) < 4.78 is 44.5. The second kappa shape index (κ2) is 8.29. The van der Waals surface area contributed by atoms with Gasteiger partial charge in [0.2, 0.25) is 0 Å². The number of hydrogen-bond donors (Lipinski definition) is 2. The first-order valence-corrected chi connectivity index (χ1v) is 8.32. The molecule has 1 aliphatic heterocycles. The van der Waals surface area contributed by atoms with Crippen molar-refractivity contribution in [2.24, 2.45) is 5.92 Å². The molecule has 0 bridgehead atoms. The number of carboxylic acid groups (broad SMARTS) is 1. The Balaban J connectivity index is 2.16. The Morgan fingerprint density at radius 2 is 2.12 bits per heavy atom. The van der Waals surface area contributed by atoms with Crippen molar-refractivity contribution in [2.45, 2.75) is 25.9 Å². The molecule has 0 saturated carbocycles. The van der Waals surface area contributed by atoms with Gasteiger partial charge in [-0.25, -0.2) is 9.59 Å². The number of esters is 1. The van der Waals surface area contributed by atoms with Crippen LogP contribution < -0.4 is 5.32 Å². The molecule has 1 aromatic rings. The van der Waals surface area contributed by atoms with Gasteiger partial charge in [-0.05, 0) is 43.9 Å². The number of rotatable bonds is 5. The Kier molecular flexibility index (Phi) is 6.33. The maximum atomic E-state index is 13.2. The largest absolute Gasteiger partial charge is 0.465 e. The SMILES string of the molecule is CCOC(=O)c1ccc(C(F)(F)F)c(NC[C@@H]2CCCN(C(=O)O)C2)c1. The van der Waals surface area contributed by atoms with Crippen molar-refractivity contribution in [3.05, 3.63) is 29.3 Å². The van der Waals surface area contributed by atoms with Crippen LogP contribution in [0.1, 0.15) is 35.7 Å². The highest BCUT2D eigenvalue weighted by molar-refractivity contribution is 5.91. The van der Waals surface area contributed by atoms with Crippen molar-refractivity contribution < 1.29 is 32.6 Å². The lowest BCUT2D eigenvalue weighted by Crippen LogP contribution is -2.41. The van der Waals surface area contributed by atoms with Gasteiger partial charge < -0.3 is 20.1 Å². The van der Waals surface area contributed by atoms with E-state index in [-0.39, 0.29) is 36.9 Å². The fourth-order valence-electron chi connectivity index (χ4n) is 2.94. The maximum Gasteiger partial charge on any atom is 0.418 e. The quantitative estimate of drug-likeness (QED) is 0.769. The average Bonchev–Trinajstić information content (AvgIpc) is 2.59. The van der Waals surface area contributed by atoms with Gasteiger partial charge in [-0.3, -0.25) is 0 Å². The summed E-state index contributed by atoms with van der Waals surface area (Å²) >= 11 is 0. The van der Waals surface area contributed by atoms with Crippen LogP contribution in [0.2, 0.25) is 0 Å². The summed E-state index contributed by atoms with van der Waals surface area (Å²) in [6, 6.07) is 3.05. The number of piperidine rings is 1. The molecule has 9 heteroatoms. The third-order valence-electron chi connectivity index (χ3n) is 4.21. The van der Waals surface area contributed by atoms with E-state index >= 15 is 0 Å². The molecule has 26 heavy (non-hydrogen) atoms. The number of likely N-dealkylation sites (tertiary alicyclic amines) is 1. The second-order valence-corrected chi connectivity index (χ2v) is 6.10. The highest BCUT2D eigenvalue weighted by Crippen LogP contribution is 2.35. The molecule has 0 radical (unpaired) electrons. The Hall–Kier alpha value is -2.45. The van der Waals surface area contributed by atoms with E-state index in [1.807, 2.05) is 0 Å². The first-order chi connectivity index (χ1) is 12.2. The molecule has 1 heterocycles. The van der Waals surface area contributed by atoms with Crippen molar-refractivity contribution in [2.75, 3.05) is 31.6 Å². The lowest BCUT2D eigenvalue weighted by atomic mass is 9.98. The van der Waals surface area contributed by atoms with E-state index in [0.717, 1.165) is 24.6 Å². The smallest absolute Gasteiger partial charge is 0.418 e. The summed E-state index contributed by atoms with van der Waals surface area (Å²) in [6.07, 6.45) is -4.23. The number of hydrogen-bond acceptors (Lipinski definition) is 4. The van der Waals surface area contributed by atoms with Crippen molar-refractivity contribution in [1.82, 2.24) is 4.90 Å². The number of halogens is 3. The number of nitrogens with zero attached hydrogens (tertiary/aromatic N) is 1. The number of alkyl halides is 3. The molecular formula is C17H21F3N2O4. The number of amides is 1. The molecule has 1 aromatic carbocycles. The second-order valence-electron chi connectivity index (χ2n) is 6.10. The topological polar surface area (TPSA) is 78.9 Å². The molecule has 2 rings (SSSR count). The summed E-state index contributed by atoms with van der Waals surface area (Å²) in [7, 11) is 0. The number of nitrogens with one attached hydrogen (secondary N) is 1. The van der Waals surface area contributed by atoms with Gasteiger partial charge in [-0.15, -0.1) is 0 Å². The van der Waals surface area contributed by atoms with Gasteiger partial charge in [0.15, 0.2) is 0 Å². The van der Waals surface area contributed by atoms with Gasteiger partial charge >= 0.3 is 18.2 Å². The van der Waals surface area contributed by atoms with Crippen LogP contribution in [0.5, 0.6) is 0 Å². The van der Waals surface area contributed by atoms with Crippen LogP contribution in [-0.4, -0.2) is 48.3 Å². The third kappa shape index (κ3) is 5.03. The molecule has 1 amide bonds.